The topological polar surface area (TPSA) is 138 Å². The number of aliphatic hydroxyl groups excluding tert-OH is 2. The van der Waals surface area contributed by atoms with Gasteiger partial charge >= 0.3 is 0 Å². The summed E-state index contributed by atoms with van der Waals surface area (Å²) in [7, 11) is 0. The molecule has 7 heteroatoms. The molecule has 1 aromatic rings. The quantitative estimate of drug-likeness (QED) is 0.324. The maximum Gasteiger partial charge on any atom is 0.200 e. The van der Waals surface area contributed by atoms with E-state index in [1.54, 1.807) is 0 Å². The Bertz CT molecular complexity index is 647. The second-order valence-corrected chi connectivity index (χ2v) is 4.91. The third-order valence-electron chi connectivity index (χ3n) is 3.36. The third kappa shape index (κ3) is 2.32. The molecular weight excluding hydrogens is 280 g/mol. The fourth-order valence-electron chi connectivity index (χ4n) is 2.06. The SMILES string of the molecule is CC1(O)C(=C(O)c2cc(O)c(O)c(O)c2)C=CC(=O)C1O. The van der Waals surface area contributed by atoms with Crippen LogP contribution in [0.1, 0.15) is 12.5 Å². The molecule has 2 rings (SSSR count). The van der Waals surface area contributed by atoms with Gasteiger partial charge in [-0.1, -0.05) is 0 Å². The van der Waals surface area contributed by atoms with E-state index in [9.17, 15) is 35.4 Å². The highest BCUT2D eigenvalue weighted by atomic mass is 16.4. The van der Waals surface area contributed by atoms with E-state index in [1.807, 2.05) is 0 Å². The highest BCUT2D eigenvalue weighted by Gasteiger charge is 2.42. The van der Waals surface area contributed by atoms with Crippen molar-refractivity contribution in [3.05, 3.63) is 35.4 Å². The summed E-state index contributed by atoms with van der Waals surface area (Å²) in [5, 5.41) is 58.1. The van der Waals surface area contributed by atoms with Crippen LogP contribution in [-0.4, -0.2) is 48.1 Å². The highest BCUT2D eigenvalue weighted by Crippen LogP contribution is 2.39. The molecule has 6 N–H and O–H groups in total. The van der Waals surface area contributed by atoms with Gasteiger partial charge < -0.3 is 30.6 Å². The lowest BCUT2D eigenvalue weighted by Gasteiger charge is -2.32. The largest absolute Gasteiger partial charge is 0.507 e. The van der Waals surface area contributed by atoms with Gasteiger partial charge in [0.1, 0.15) is 17.5 Å². The van der Waals surface area contributed by atoms with Crippen molar-refractivity contribution in [1.82, 2.24) is 0 Å². The molecule has 1 aliphatic rings. The summed E-state index contributed by atoms with van der Waals surface area (Å²) in [6.45, 7) is 1.14. The molecule has 21 heavy (non-hydrogen) atoms. The smallest absolute Gasteiger partial charge is 0.200 e. The number of aromatic hydroxyl groups is 3. The molecule has 1 aromatic carbocycles. The van der Waals surface area contributed by atoms with Crippen LogP contribution in [0, 0.1) is 0 Å². The van der Waals surface area contributed by atoms with Crippen LogP contribution in [0.5, 0.6) is 17.2 Å². The minimum atomic E-state index is -2.04. The Balaban J connectivity index is 2.63. The molecule has 0 spiro atoms. The molecule has 0 aliphatic heterocycles. The van der Waals surface area contributed by atoms with Crippen molar-refractivity contribution in [3.63, 3.8) is 0 Å². The average Bonchev–Trinajstić information content (AvgIpc) is 2.41. The molecule has 112 valence electrons. The number of ketones is 1. The molecule has 0 aromatic heterocycles. The zero-order chi connectivity index (χ0) is 15.9. The lowest BCUT2D eigenvalue weighted by molar-refractivity contribution is -0.133. The number of phenols is 3. The summed E-state index contributed by atoms with van der Waals surface area (Å²) >= 11 is 0. The van der Waals surface area contributed by atoms with E-state index < -0.39 is 40.5 Å². The molecule has 2 atom stereocenters. The Morgan fingerprint density at radius 1 is 1.14 bits per heavy atom. The summed E-state index contributed by atoms with van der Waals surface area (Å²) < 4.78 is 0. The zero-order valence-corrected chi connectivity index (χ0v) is 11.0. The van der Waals surface area contributed by atoms with Crippen LogP contribution in [0.4, 0.5) is 0 Å². The summed E-state index contributed by atoms with van der Waals surface area (Å²) in [6, 6.07) is 1.92. The van der Waals surface area contributed by atoms with Crippen molar-refractivity contribution in [2.45, 2.75) is 18.6 Å². The third-order valence-corrected chi connectivity index (χ3v) is 3.36. The highest BCUT2D eigenvalue weighted by molar-refractivity contribution is 5.98. The first-order valence-electron chi connectivity index (χ1n) is 5.97. The Morgan fingerprint density at radius 3 is 2.19 bits per heavy atom. The summed E-state index contributed by atoms with van der Waals surface area (Å²) in [6.07, 6.45) is 0.374. The van der Waals surface area contributed by atoms with Crippen molar-refractivity contribution in [3.8, 4) is 17.2 Å². The number of rotatable bonds is 1. The number of hydrogen-bond acceptors (Lipinski definition) is 7. The molecule has 0 saturated heterocycles. The minimum absolute atomic E-state index is 0.107. The summed E-state index contributed by atoms with van der Waals surface area (Å²) in [4.78, 5) is 11.4. The molecule has 0 bridgehead atoms. The van der Waals surface area contributed by atoms with E-state index in [0.717, 1.165) is 31.2 Å². The van der Waals surface area contributed by atoms with Crippen molar-refractivity contribution in [2.24, 2.45) is 0 Å². The molecule has 1 aliphatic carbocycles. The fourth-order valence-corrected chi connectivity index (χ4v) is 2.06. The van der Waals surface area contributed by atoms with Gasteiger partial charge in [-0.15, -0.1) is 0 Å². The van der Waals surface area contributed by atoms with Gasteiger partial charge in [0.25, 0.3) is 0 Å². The van der Waals surface area contributed by atoms with E-state index in [1.165, 1.54) is 0 Å². The lowest BCUT2D eigenvalue weighted by atomic mass is 9.81. The first-order chi connectivity index (χ1) is 9.66. The second-order valence-electron chi connectivity index (χ2n) is 4.91. The molecular formula is C14H14O7. The van der Waals surface area contributed by atoms with Crippen LogP contribution in [0.2, 0.25) is 0 Å². The molecule has 2 unspecified atom stereocenters. The second kappa shape index (κ2) is 4.80. The van der Waals surface area contributed by atoms with E-state index in [4.69, 9.17) is 0 Å². The van der Waals surface area contributed by atoms with E-state index >= 15 is 0 Å². The predicted octanol–water partition coefficient (Wildman–Crippen LogP) is 0.323. The Labute approximate surface area is 119 Å². The Hall–Kier alpha value is -2.51. The van der Waals surface area contributed by atoms with Gasteiger partial charge in [-0.05, 0) is 31.2 Å². The number of carbonyl (C=O) groups excluding carboxylic acids is 1. The Kier molecular flexibility index (Phi) is 3.40. The fraction of sp³-hybridized carbons (Fsp3) is 0.214. The van der Waals surface area contributed by atoms with Gasteiger partial charge in [-0.3, -0.25) is 4.79 Å². The number of aliphatic hydroxyl groups is 3. The maximum atomic E-state index is 11.4. The van der Waals surface area contributed by atoms with Gasteiger partial charge in [0.05, 0.1) is 0 Å². The maximum absolute atomic E-state index is 11.4. The number of benzene rings is 1. The molecule has 0 fully saturated rings. The normalized spacial score (nSPS) is 27.8. The minimum Gasteiger partial charge on any atom is -0.507 e. The van der Waals surface area contributed by atoms with E-state index in [-0.39, 0.29) is 11.1 Å². The summed E-state index contributed by atoms with van der Waals surface area (Å²) in [5.41, 5.74) is -2.32. The van der Waals surface area contributed by atoms with Gasteiger partial charge in [-0.2, -0.15) is 0 Å². The summed E-state index contributed by atoms with van der Waals surface area (Å²) in [5.74, 6) is -3.37. The van der Waals surface area contributed by atoms with E-state index in [2.05, 4.69) is 0 Å². The average molecular weight is 294 g/mol. The van der Waals surface area contributed by atoms with Gasteiger partial charge in [0, 0.05) is 11.1 Å². The van der Waals surface area contributed by atoms with Crippen LogP contribution in [0.15, 0.2) is 29.9 Å². The first kappa shape index (κ1) is 14.9. The number of carbonyl (C=O) groups is 1. The van der Waals surface area contributed by atoms with Crippen molar-refractivity contribution >= 4 is 11.5 Å². The zero-order valence-electron chi connectivity index (χ0n) is 11.0. The van der Waals surface area contributed by atoms with Crippen molar-refractivity contribution in [2.75, 3.05) is 0 Å². The molecule has 0 radical (unpaired) electrons. The van der Waals surface area contributed by atoms with Crippen LogP contribution in [-0.2, 0) is 4.79 Å². The monoisotopic (exact) mass is 294 g/mol. The molecule has 0 saturated carbocycles. The molecule has 0 amide bonds. The van der Waals surface area contributed by atoms with E-state index in [0.29, 0.717) is 0 Å². The van der Waals surface area contributed by atoms with Crippen LogP contribution >= 0.6 is 0 Å². The van der Waals surface area contributed by atoms with Gasteiger partial charge in [-0.25, -0.2) is 0 Å². The van der Waals surface area contributed by atoms with Crippen LogP contribution in [0.3, 0.4) is 0 Å². The van der Waals surface area contributed by atoms with Gasteiger partial charge in [0.15, 0.2) is 23.0 Å². The van der Waals surface area contributed by atoms with Crippen molar-refractivity contribution in [1.29, 1.82) is 0 Å². The first-order valence-corrected chi connectivity index (χ1v) is 5.97. The van der Waals surface area contributed by atoms with Gasteiger partial charge in [0.2, 0.25) is 0 Å². The standard InChI is InChI=1S/C14H14O7/c1-14(21)7(2-3-8(15)13(14)20)11(18)6-4-9(16)12(19)10(17)5-6/h2-5,13,16-21H,1H3. The predicted molar refractivity (Wildman–Crippen MR) is 71.8 cm³/mol. The molecule has 0 heterocycles. The molecule has 7 nitrogen and oxygen atoms in total. The van der Waals surface area contributed by atoms with Crippen molar-refractivity contribution < 1.29 is 35.4 Å². The Morgan fingerprint density at radius 2 is 1.67 bits per heavy atom. The lowest BCUT2D eigenvalue weighted by Crippen LogP contribution is -2.47. The van der Waals surface area contributed by atoms with Crippen LogP contribution < -0.4 is 0 Å². The number of hydrogen-bond donors (Lipinski definition) is 6. The number of phenolic OH excluding ortho intramolecular Hbond substituents is 3. The van der Waals surface area contributed by atoms with Crippen LogP contribution in [0.25, 0.3) is 5.76 Å².